The molecule has 0 saturated heterocycles. The van der Waals surface area contributed by atoms with Crippen molar-refractivity contribution in [1.29, 1.82) is 0 Å². The molecule has 2 aromatic rings. The number of benzene rings is 1. The van der Waals surface area contributed by atoms with E-state index in [1.807, 2.05) is 25.8 Å². The smallest absolute Gasteiger partial charge is 0.410 e. The van der Waals surface area contributed by atoms with E-state index in [1.165, 1.54) is 24.3 Å². The van der Waals surface area contributed by atoms with Gasteiger partial charge in [-0.25, -0.2) is 13.8 Å². The highest BCUT2D eigenvalue weighted by Crippen LogP contribution is 2.34. The van der Waals surface area contributed by atoms with Crippen molar-refractivity contribution in [1.82, 2.24) is 15.3 Å². The predicted molar refractivity (Wildman–Crippen MR) is 113 cm³/mol. The second-order valence-electron chi connectivity index (χ2n) is 7.86. The summed E-state index contributed by atoms with van der Waals surface area (Å²) in [5, 5.41) is 5.65. The Morgan fingerprint density at radius 3 is 2.68 bits per heavy atom. The first-order valence-electron chi connectivity index (χ1n) is 9.99. The number of aromatic nitrogens is 2. The molecule has 9 nitrogen and oxygen atoms in total. The average molecular weight is 427 g/mol. The molecule has 2 N–H and O–H groups in total. The molecule has 1 saturated carbocycles. The van der Waals surface area contributed by atoms with Gasteiger partial charge in [-0.1, -0.05) is 4.98 Å². The number of nitrogens with one attached hydrogen (secondary N) is 2. The summed E-state index contributed by atoms with van der Waals surface area (Å²) in [6, 6.07) is 4.90. The van der Waals surface area contributed by atoms with Crippen LogP contribution in [0.25, 0.3) is 0 Å². The van der Waals surface area contributed by atoms with E-state index in [-0.39, 0.29) is 29.8 Å². The summed E-state index contributed by atoms with van der Waals surface area (Å²) in [6.45, 7) is 7.72. The third kappa shape index (κ3) is 4.05. The summed E-state index contributed by atoms with van der Waals surface area (Å²) in [4.78, 5) is 35.0. The zero-order chi connectivity index (χ0) is 22.3. The van der Waals surface area contributed by atoms with Crippen LogP contribution in [0.1, 0.15) is 25.5 Å². The number of hydrogen-bond donors (Lipinski definition) is 2. The Morgan fingerprint density at radius 1 is 1.32 bits per heavy atom. The summed E-state index contributed by atoms with van der Waals surface area (Å²) in [7, 11) is 1.82. The molecule has 0 spiro atoms. The molecular weight excluding hydrogens is 403 g/mol. The molecule has 2 aliphatic rings. The zero-order valence-electron chi connectivity index (χ0n) is 17.6. The van der Waals surface area contributed by atoms with E-state index in [9.17, 15) is 14.0 Å². The Labute approximate surface area is 178 Å². The van der Waals surface area contributed by atoms with E-state index in [0.717, 1.165) is 0 Å². The number of anilines is 2. The van der Waals surface area contributed by atoms with E-state index < -0.39 is 11.9 Å². The standard InChI is InChI=1S/C21H23FN6O3/c1-11-17-18(27(3)12(2)19(29)25-17)26-20(23-11)28(4)15-9-14(10-15)24-21(30)31-16-7-5-13(22)6-8-16/h5-8,12,14-15H,4,9-10H2,1-3H3,(H-,24,25,29,30)/p+1/t12-,14?,15?/m0/s1. The van der Waals surface area contributed by atoms with Crippen molar-refractivity contribution in [2.45, 2.75) is 44.8 Å². The molecule has 2 amide bonds. The van der Waals surface area contributed by atoms with Crippen LogP contribution < -0.4 is 20.3 Å². The fraction of sp³-hybridized carbons (Fsp3) is 0.381. The average Bonchev–Trinajstić information content (AvgIpc) is 2.70. The Balaban J connectivity index is 1.36. The lowest BCUT2D eigenvalue weighted by Gasteiger charge is -2.35. The van der Waals surface area contributed by atoms with Gasteiger partial charge in [-0.05, 0) is 43.1 Å². The number of fused-ring (bicyclic) bond motifs is 1. The van der Waals surface area contributed by atoms with Crippen molar-refractivity contribution in [2.75, 3.05) is 17.3 Å². The van der Waals surface area contributed by atoms with Crippen LogP contribution in [-0.4, -0.2) is 58.4 Å². The van der Waals surface area contributed by atoms with Gasteiger partial charge in [-0.3, -0.25) is 4.79 Å². The molecule has 0 bridgehead atoms. The predicted octanol–water partition coefficient (Wildman–Crippen LogP) is 2.37. The quantitative estimate of drug-likeness (QED) is 0.574. The molecular formula is C21H24FN6O3+. The number of nitrogens with zero attached hydrogens (tertiary/aromatic N) is 4. The highest BCUT2D eigenvalue weighted by molar-refractivity contribution is 6.03. The van der Waals surface area contributed by atoms with Crippen molar-refractivity contribution in [3.05, 3.63) is 35.8 Å². The monoisotopic (exact) mass is 427 g/mol. The SMILES string of the molecule is C=[N+](c1nc(C)c2c(n1)N(C)[C@@H](C)C(=O)N2)C1CC(NC(=O)Oc2ccc(F)cc2)C1. The van der Waals surface area contributed by atoms with Crippen molar-refractivity contribution in [3.8, 4) is 5.75 Å². The lowest BCUT2D eigenvalue weighted by atomic mass is 9.86. The van der Waals surface area contributed by atoms with Crippen LogP contribution in [0.2, 0.25) is 0 Å². The molecule has 1 aliphatic carbocycles. The number of carbonyl (C=O) groups is 2. The Kier molecular flexibility index (Phi) is 5.30. The van der Waals surface area contributed by atoms with Crippen LogP contribution in [0.5, 0.6) is 5.75 Å². The largest absolute Gasteiger partial charge is 0.434 e. The minimum absolute atomic E-state index is 0.0504. The number of halogens is 1. The van der Waals surface area contributed by atoms with Gasteiger partial charge >= 0.3 is 12.0 Å². The molecule has 4 rings (SSSR count). The molecule has 0 radical (unpaired) electrons. The van der Waals surface area contributed by atoms with Crippen LogP contribution >= 0.6 is 0 Å². The fourth-order valence-electron chi connectivity index (χ4n) is 3.59. The number of ether oxygens (including phenoxy) is 1. The van der Waals surface area contributed by atoms with E-state index in [4.69, 9.17) is 4.74 Å². The van der Waals surface area contributed by atoms with Gasteiger partial charge in [0.15, 0.2) is 0 Å². The Morgan fingerprint density at radius 2 is 2.00 bits per heavy atom. The Hall–Kier alpha value is -3.56. The first-order chi connectivity index (χ1) is 14.7. The van der Waals surface area contributed by atoms with Crippen LogP contribution in [0.15, 0.2) is 24.3 Å². The van der Waals surface area contributed by atoms with Gasteiger partial charge in [0.1, 0.15) is 29.0 Å². The summed E-state index contributed by atoms with van der Waals surface area (Å²) in [6.07, 6.45) is 0.729. The first kappa shape index (κ1) is 20.7. The van der Waals surface area contributed by atoms with Crippen LogP contribution in [0.4, 0.5) is 26.6 Å². The topological polar surface area (TPSA) is 99.5 Å². The molecule has 1 aromatic carbocycles. The number of carbonyl (C=O) groups excluding carboxylic acids is 2. The summed E-state index contributed by atoms with van der Waals surface area (Å²) in [5.74, 6) is 0.898. The van der Waals surface area contributed by atoms with E-state index in [0.29, 0.717) is 36.0 Å². The second kappa shape index (κ2) is 7.93. The van der Waals surface area contributed by atoms with Gasteiger partial charge in [0.25, 0.3) is 0 Å². The minimum Gasteiger partial charge on any atom is -0.410 e. The normalized spacial score (nSPS) is 22.1. The molecule has 1 fully saturated rings. The van der Waals surface area contributed by atoms with Gasteiger partial charge in [0.2, 0.25) is 11.7 Å². The van der Waals surface area contributed by atoms with E-state index in [1.54, 1.807) is 4.58 Å². The maximum absolute atomic E-state index is 12.9. The van der Waals surface area contributed by atoms with Crippen LogP contribution in [0, 0.1) is 12.7 Å². The zero-order valence-corrected chi connectivity index (χ0v) is 17.6. The molecule has 1 atom stereocenters. The van der Waals surface area contributed by atoms with Crippen LogP contribution in [0.3, 0.4) is 0 Å². The molecule has 31 heavy (non-hydrogen) atoms. The minimum atomic E-state index is -0.585. The van der Waals surface area contributed by atoms with Gasteiger partial charge in [-0.15, -0.1) is 0 Å². The van der Waals surface area contributed by atoms with E-state index in [2.05, 4.69) is 27.3 Å². The van der Waals surface area contributed by atoms with Gasteiger partial charge in [-0.2, -0.15) is 0 Å². The van der Waals surface area contributed by atoms with Crippen molar-refractivity contribution < 1.29 is 23.3 Å². The lowest BCUT2D eigenvalue weighted by Crippen LogP contribution is -2.51. The maximum atomic E-state index is 12.9. The van der Waals surface area contributed by atoms with Crippen molar-refractivity contribution >= 4 is 36.2 Å². The Bertz CT molecular complexity index is 1050. The molecule has 10 heteroatoms. The molecule has 0 unspecified atom stereocenters. The number of hydrogen-bond acceptors (Lipinski definition) is 6. The van der Waals surface area contributed by atoms with Gasteiger partial charge in [0.05, 0.1) is 6.04 Å². The van der Waals surface area contributed by atoms with E-state index >= 15 is 0 Å². The fourth-order valence-corrected chi connectivity index (χ4v) is 3.59. The van der Waals surface area contributed by atoms with Crippen molar-refractivity contribution in [2.24, 2.45) is 0 Å². The van der Waals surface area contributed by atoms with Gasteiger partial charge in [0, 0.05) is 32.6 Å². The third-order valence-corrected chi connectivity index (χ3v) is 5.76. The summed E-state index contributed by atoms with van der Waals surface area (Å²) in [5.41, 5.74) is 1.28. The highest BCUT2D eigenvalue weighted by Gasteiger charge is 2.39. The first-order valence-corrected chi connectivity index (χ1v) is 9.99. The molecule has 162 valence electrons. The van der Waals surface area contributed by atoms with Crippen LogP contribution in [-0.2, 0) is 4.79 Å². The number of amides is 2. The summed E-state index contributed by atoms with van der Waals surface area (Å²) < 4.78 is 19.8. The highest BCUT2D eigenvalue weighted by atomic mass is 19.1. The number of rotatable bonds is 4. The molecule has 1 aliphatic heterocycles. The number of aryl methyl sites for hydroxylation is 1. The third-order valence-electron chi connectivity index (χ3n) is 5.76. The van der Waals surface area contributed by atoms with Crippen molar-refractivity contribution in [3.63, 3.8) is 0 Å². The summed E-state index contributed by atoms with van der Waals surface area (Å²) >= 11 is 0. The maximum Gasteiger partial charge on any atom is 0.434 e. The molecule has 2 heterocycles. The molecule has 1 aromatic heterocycles. The van der Waals surface area contributed by atoms with Gasteiger partial charge < -0.3 is 20.3 Å². The second-order valence-corrected chi connectivity index (χ2v) is 7.86. The number of likely N-dealkylation sites (N-methyl/N-ethyl adjacent to an activating group) is 1. The lowest BCUT2D eigenvalue weighted by molar-refractivity contribution is -0.501.